The maximum absolute atomic E-state index is 13.3. The number of rotatable bonds is 3. The quantitative estimate of drug-likeness (QED) is 0.600. The fraction of sp³-hybridized carbons (Fsp3) is 0.167. The highest BCUT2D eigenvalue weighted by Crippen LogP contribution is 2.36. The first-order valence-corrected chi connectivity index (χ1v) is 11.6. The lowest BCUT2D eigenvalue weighted by Gasteiger charge is -2.11. The Bertz CT molecular complexity index is 1330. The number of hydrogen-bond donors (Lipinski definition) is 0. The molecule has 0 fully saturated rings. The van der Waals surface area contributed by atoms with E-state index in [1.165, 1.54) is 18.2 Å². The largest absolute Gasteiger partial charge is 0.269 e. The second kappa shape index (κ2) is 6.37. The number of fused-ring (bicyclic) bond motifs is 1. The maximum atomic E-state index is 13.3. The number of halogens is 1. The molecule has 6 nitrogen and oxygen atoms in total. The van der Waals surface area contributed by atoms with Gasteiger partial charge in [-0.15, -0.1) is 0 Å². The minimum atomic E-state index is -4.26. The summed E-state index contributed by atoms with van der Waals surface area (Å²) in [5.41, 5.74) is 1.54. The van der Waals surface area contributed by atoms with E-state index in [-0.39, 0.29) is 21.0 Å². The predicted octanol–water partition coefficient (Wildman–Crippen LogP) is 3.60. The predicted molar refractivity (Wildman–Crippen MR) is 103 cm³/mol. The molecule has 0 aliphatic rings. The molecule has 0 amide bonds. The summed E-state index contributed by atoms with van der Waals surface area (Å²) in [4.78, 5) is -0.403. The van der Waals surface area contributed by atoms with E-state index in [1.807, 2.05) is 13.0 Å². The van der Waals surface area contributed by atoms with Crippen molar-refractivity contribution in [2.45, 2.75) is 30.6 Å². The van der Waals surface area contributed by atoms with Gasteiger partial charge in [0.1, 0.15) is 16.7 Å². The van der Waals surface area contributed by atoms with Gasteiger partial charge in [0, 0.05) is 16.1 Å². The summed E-state index contributed by atoms with van der Waals surface area (Å²) >= 11 is 0. The Hall–Kier alpha value is -2.34. The fourth-order valence-electron chi connectivity index (χ4n) is 3.00. The molecule has 0 unspecified atom stereocenters. The molecule has 3 aromatic rings. The van der Waals surface area contributed by atoms with Gasteiger partial charge in [0.15, 0.2) is 0 Å². The van der Waals surface area contributed by atoms with Crippen molar-refractivity contribution in [3.05, 3.63) is 58.8 Å². The first-order valence-electron chi connectivity index (χ1n) is 7.81. The molecule has 0 saturated carbocycles. The van der Waals surface area contributed by atoms with E-state index in [4.69, 9.17) is 10.7 Å². The van der Waals surface area contributed by atoms with Gasteiger partial charge in [0.25, 0.3) is 19.1 Å². The molecular formula is C18H15ClN2O4S2. The summed E-state index contributed by atoms with van der Waals surface area (Å²) in [5.74, 6) is 0. The normalized spacial score (nSPS) is 12.3. The van der Waals surface area contributed by atoms with Crippen molar-refractivity contribution in [2.75, 3.05) is 0 Å². The van der Waals surface area contributed by atoms with Gasteiger partial charge in [0.2, 0.25) is 0 Å². The Kier molecular flexibility index (Phi) is 4.58. The van der Waals surface area contributed by atoms with Crippen molar-refractivity contribution >= 4 is 40.7 Å². The highest BCUT2D eigenvalue weighted by atomic mass is 35.7. The van der Waals surface area contributed by atoms with Crippen LogP contribution in [0.2, 0.25) is 0 Å². The average Bonchev–Trinajstić information content (AvgIpc) is 2.86. The molecule has 1 heterocycles. The standard InChI is InChI=1S/C18H15ClN2O4S2/c1-11-4-6-14(7-5-11)27(24,25)21-16(10-20)13(3)15-8-12(2)9-17(18(15)21)26(19,22)23/h4-9H,1-3H3. The molecule has 0 radical (unpaired) electrons. The van der Waals surface area contributed by atoms with Crippen molar-refractivity contribution in [2.24, 2.45) is 0 Å². The molecule has 140 valence electrons. The van der Waals surface area contributed by atoms with E-state index in [0.29, 0.717) is 16.5 Å². The SMILES string of the molecule is Cc1ccc(S(=O)(=O)n2c(C#N)c(C)c3cc(C)cc(S(=O)(=O)Cl)c32)cc1. The van der Waals surface area contributed by atoms with Crippen molar-refractivity contribution < 1.29 is 16.8 Å². The number of nitrogens with zero attached hydrogens (tertiary/aromatic N) is 2. The molecule has 9 heteroatoms. The number of hydrogen-bond acceptors (Lipinski definition) is 5. The van der Waals surface area contributed by atoms with Crippen LogP contribution in [0.4, 0.5) is 0 Å². The van der Waals surface area contributed by atoms with E-state index < -0.39 is 19.1 Å². The number of aryl methyl sites for hydroxylation is 3. The van der Waals surface area contributed by atoms with Crippen LogP contribution in [0.25, 0.3) is 10.9 Å². The van der Waals surface area contributed by atoms with Crippen LogP contribution in [0, 0.1) is 32.1 Å². The van der Waals surface area contributed by atoms with Gasteiger partial charge in [0.05, 0.1) is 10.4 Å². The lowest BCUT2D eigenvalue weighted by molar-refractivity contribution is 0.588. The monoisotopic (exact) mass is 422 g/mol. The van der Waals surface area contributed by atoms with E-state index in [1.54, 1.807) is 32.0 Å². The minimum absolute atomic E-state index is 0.0556. The minimum Gasteiger partial charge on any atom is -0.222 e. The highest BCUT2D eigenvalue weighted by Gasteiger charge is 2.30. The van der Waals surface area contributed by atoms with Crippen molar-refractivity contribution in [1.29, 1.82) is 5.26 Å². The molecule has 27 heavy (non-hydrogen) atoms. The van der Waals surface area contributed by atoms with E-state index in [9.17, 15) is 22.1 Å². The summed E-state index contributed by atoms with van der Waals surface area (Å²) in [6.07, 6.45) is 0. The third-order valence-electron chi connectivity index (χ3n) is 4.31. The number of benzene rings is 2. The molecule has 0 saturated heterocycles. The first-order chi connectivity index (χ1) is 12.5. The van der Waals surface area contributed by atoms with Gasteiger partial charge in [-0.2, -0.15) is 5.26 Å². The van der Waals surface area contributed by atoms with Gasteiger partial charge in [-0.3, -0.25) is 0 Å². The molecule has 0 N–H and O–H groups in total. The van der Waals surface area contributed by atoms with Crippen LogP contribution < -0.4 is 0 Å². The Morgan fingerprint density at radius 1 is 0.963 bits per heavy atom. The molecule has 2 aromatic carbocycles. The zero-order chi connectivity index (χ0) is 20.1. The number of aromatic nitrogens is 1. The Balaban J connectivity index is 2.57. The topological polar surface area (TPSA) is 97.0 Å². The highest BCUT2D eigenvalue weighted by molar-refractivity contribution is 8.14. The van der Waals surface area contributed by atoms with Crippen LogP contribution in [0.1, 0.15) is 22.4 Å². The van der Waals surface area contributed by atoms with Crippen LogP contribution in [-0.2, 0) is 19.1 Å². The van der Waals surface area contributed by atoms with Crippen LogP contribution in [-0.4, -0.2) is 20.8 Å². The zero-order valence-corrected chi connectivity index (χ0v) is 17.1. The zero-order valence-electron chi connectivity index (χ0n) is 14.7. The maximum Gasteiger partial charge on any atom is 0.269 e. The molecule has 0 bridgehead atoms. The molecule has 0 aliphatic heterocycles. The summed E-state index contributed by atoms with van der Waals surface area (Å²) in [6, 6.07) is 10.9. The van der Waals surface area contributed by atoms with E-state index >= 15 is 0 Å². The molecule has 0 aliphatic carbocycles. The molecule has 0 atom stereocenters. The van der Waals surface area contributed by atoms with Crippen molar-refractivity contribution in [3.8, 4) is 6.07 Å². The Morgan fingerprint density at radius 2 is 1.56 bits per heavy atom. The lowest BCUT2D eigenvalue weighted by Crippen LogP contribution is -2.16. The van der Waals surface area contributed by atoms with Crippen molar-refractivity contribution in [1.82, 2.24) is 3.97 Å². The van der Waals surface area contributed by atoms with E-state index in [2.05, 4.69) is 0 Å². The van der Waals surface area contributed by atoms with Crippen molar-refractivity contribution in [3.63, 3.8) is 0 Å². The first kappa shape index (κ1) is 19.4. The molecular weight excluding hydrogens is 408 g/mol. The van der Waals surface area contributed by atoms with Crippen LogP contribution >= 0.6 is 10.7 Å². The van der Waals surface area contributed by atoms with E-state index in [0.717, 1.165) is 9.54 Å². The van der Waals surface area contributed by atoms with Gasteiger partial charge >= 0.3 is 0 Å². The van der Waals surface area contributed by atoms with Gasteiger partial charge in [-0.05, 0) is 56.2 Å². The Labute approximate surface area is 162 Å². The van der Waals surface area contributed by atoms with Crippen LogP contribution in [0.3, 0.4) is 0 Å². The molecule has 1 aromatic heterocycles. The second-order valence-electron chi connectivity index (χ2n) is 6.26. The van der Waals surface area contributed by atoms with Crippen LogP contribution in [0.15, 0.2) is 46.2 Å². The summed E-state index contributed by atoms with van der Waals surface area (Å²) < 4.78 is 51.6. The van der Waals surface area contributed by atoms with Gasteiger partial charge in [-0.1, -0.05) is 17.7 Å². The second-order valence-corrected chi connectivity index (χ2v) is 10.6. The molecule has 0 spiro atoms. The average molecular weight is 423 g/mol. The summed E-state index contributed by atoms with van der Waals surface area (Å²) in [5, 5.41) is 9.95. The number of nitriles is 1. The fourth-order valence-corrected chi connectivity index (χ4v) is 5.72. The third-order valence-corrected chi connectivity index (χ3v) is 7.36. The van der Waals surface area contributed by atoms with Gasteiger partial charge < -0.3 is 0 Å². The lowest BCUT2D eigenvalue weighted by atomic mass is 10.1. The molecule has 3 rings (SSSR count). The van der Waals surface area contributed by atoms with Crippen LogP contribution in [0.5, 0.6) is 0 Å². The summed E-state index contributed by atoms with van der Waals surface area (Å²) in [7, 11) is -2.90. The Morgan fingerprint density at radius 3 is 2.07 bits per heavy atom. The smallest absolute Gasteiger partial charge is 0.222 e. The summed E-state index contributed by atoms with van der Waals surface area (Å²) in [6.45, 7) is 5.06. The van der Waals surface area contributed by atoms with Gasteiger partial charge in [-0.25, -0.2) is 20.8 Å². The third kappa shape index (κ3) is 3.12.